The Kier molecular flexibility index (Phi) is 6.15. The molecule has 0 amide bonds. The molecule has 0 radical (unpaired) electrons. The zero-order valence-corrected chi connectivity index (χ0v) is 20.7. The lowest BCUT2D eigenvalue weighted by Crippen LogP contribution is -2.39. The predicted molar refractivity (Wildman–Crippen MR) is 147 cm³/mol. The van der Waals surface area contributed by atoms with Crippen LogP contribution in [0.1, 0.15) is 19.3 Å². The van der Waals surface area contributed by atoms with Crippen molar-refractivity contribution in [3.8, 4) is 0 Å². The van der Waals surface area contributed by atoms with E-state index in [1.54, 1.807) is 21.2 Å². The van der Waals surface area contributed by atoms with E-state index < -0.39 is 15.8 Å². The Bertz CT molecular complexity index is 987. The van der Waals surface area contributed by atoms with Gasteiger partial charge in [0.15, 0.2) is 0 Å². The summed E-state index contributed by atoms with van der Waals surface area (Å²) in [5.74, 6) is 1.70. The highest BCUT2D eigenvalue weighted by Gasteiger charge is 2.54. The Morgan fingerprint density at radius 3 is 0.939 bits per heavy atom. The lowest BCUT2D eigenvalue weighted by molar-refractivity contribution is 0.498. The van der Waals surface area contributed by atoms with Gasteiger partial charge < -0.3 is 0 Å². The Labute approximate surface area is 200 Å². The minimum Gasteiger partial charge on any atom is -0.0622 e. The Balaban J connectivity index is 1.51. The van der Waals surface area contributed by atoms with E-state index >= 15 is 0 Å². The molecule has 4 aromatic rings. The maximum atomic E-state index is 2.40. The van der Waals surface area contributed by atoms with Crippen LogP contribution in [-0.4, -0.2) is 11.3 Å². The van der Waals surface area contributed by atoms with Gasteiger partial charge in [-0.3, -0.25) is 0 Å². The van der Waals surface area contributed by atoms with Gasteiger partial charge in [-0.1, -0.05) is 121 Å². The number of fused-ring (bicyclic) bond motifs is 2. The minimum atomic E-state index is -0.403. The molecule has 2 heteroatoms. The zero-order chi connectivity index (χ0) is 22.0. The third kappa shape index (κ3) is 4.10. The van der Waals surface area contributed by atoms with Crippen molar-refractivity contribution in [2.75, 3.05) is 0 Å². The van der Waals surface area contributed by atoms with Crippen molar-refractivity contribution in [2.45, 2.75) is 30.6 Å². The standard InChI is InChI=1S/C31H30P2/c1-5-13-26(14-6-1)32(27-15-7-2-8-16-27)30-24-21-22-25(23-24)31(30)33(28-17-9-3-10-18-28)29-19-11-4-12-20-29/h1-20,24-25,30-31H,21-23H2. The first-order valence-corrected chi connectivity index (χ1v) is 15.0. The molecule has 0 heterocycles. The zero-order valence-electron chi connectivity index (χ0n) is 18.9. The summed E-state index contributed by atoms with van der Waals surface area (Å²) in [5, 5.41) is 6.21. The average molecular weight is 465 g/mol. The van der Waals surface area contributed by atoms with Crippen LogP contribution in [0.4, 0.5) is 0 Å². The molecule has 4 aromatic carbocycles. The lowest BCUT2D eigenvalue weighted by Gasteiger charge is -2.42. The fraction of sp³-hybridized carbons (Fsp3) is 0.226. The number of hydrogen-bond donors (Lipinski definition) is 0. The van der Waals surface area contributed by atoms with Crippen molar-refractivity contribution >= 4 is 37.1 Å². The lowest BCUT2D eigenvalue weighted by atomic mass is 9.99. The SMILES string of the molecule is c1ccc(P(c2ccccc2)C2C3CCC(C3)C2P(c2ccccc2)c2ccccc2)cc1. The molecule has 4 unspecified atom stereocenters. The Morgan fingerprint density at radius 1 is 0.394 bits per heavy atom. The van der Waals surface area contributed by atoms with Gasteiger partial charge in [-0.15, -0.1) is 0 Å². The molecule has 164 valence electrons. The Hall–Kier alpha value is -2.26. The molecule has 33 heavy (non-hydrogen) atoms. The van der Waals surface area contributed by atoms with Gasteiger partial charge >= 0.3 is 0 Å². The summed E-state index contributed by atoms with van der Waals surface area (Å²) in [6.07, 6.45) is 4.25. The summed E-state index contributed by atoms with van der Waals surface area (Å²) in [6, 6.07) is 45.8. The van der Waals surface area contributed by atoms with Crippen LogP contribution in [0.3, 0.4) is 0 Å². The predicted octanol–water partition coefficient (Wildman–Crippen LogP) is 6.42. The summed E-state index contributed by atoms with van der Waals surface area (Å²) in [4.78, 5) is 0. The summed E-state index contributed by atoms with van der Waals surface area (Å²) in [7, 11) is -0.806. The molecule has 2 aliphatic carbocycles. The molecule has 0 saturated heterocycles. The van der Waals surface area contributed by atoms with E-state index in [0.717, 1.165) is 23.2 Å². The van der Waals surface area contributed by atoms with Gasteiger partial charge in [-0.2, -0.15) is 0 Å². The summed E-state index contributed by atoms with van der Waals surface area (Å²) in [6.45, 7) is 0. The van der Waals surface area contributed by atoms with Gasteiger partial charge in [0.05, 0.1) is 0 Å². The van der Waals surface area contributed by atoms with E-state index in [1.807, 2.05) is 0 Å². The van der Waals surface area contributed by atoms with Gasteiger partial charge in [0.2, 0.25) is 0 Å². The molecule has 2 bridgehead atoms. The molecule has 2 saturated carbocycles. The molecule has 0 aliphatic heterocycles. The van der Waals surface area contributed by atoms with E-state index in [1.165, 1.54) is 19.3 Å². The molecule has 4 atom stereocenters. The smallest absolute Gasteiger partial charge is 0.00240 e. The monoisotopic (exact) mass is 464 g/mol. The first kappa shape index (κ1) is 21.3. The maximum Gasteiger partial charge on any atom is -0.00240 e. The molecular formula is C31H30P2. The van der Waals surface area contributed by atoms with E-state index in [9.17, 15) is 0 Å². The van der Waals surface area contributed by atoms with Crippen LogP contribution in [0.5, 0.6) is 0 Å². The minimum absolute atomic E-state index is 0.403. The van der Waals surface area contributed by atoms with Crippen LogP contribution < -0.4 is 21.2 Å². The van der Waals surface area contributed by atoms with E-state index in [2.05, 4.69) is 121 Å². The van der Waals surface area contributed by atoms with E-state index in [-0.39, 0.29) is 0 Å². The van der Waals surface area contributed by atoms with Crippen LogP contribution in [0.15, 0.2) is 121 Å². The van der Waals surface area contributed by atoms with Gasteiger partial charge in [0.25, 0.3) is 0 Å². The fourth-order valence-electron chi connectivity index (χ4n) is 6.30. The molecule has 0 nitrogen and oxygen atoms in total. The second-order valence-electron chi connectivity index (χ2n) is 9.40. The highest BCUT2D eigenvalue weighted by Crippen LogP contribution is 2.66. The second kappa shape index (κ2) is 9.54. The van der Waals surface area contributed by atoms with Gasteiger partial charge in [-0.05, 0) is 79.5 Å². The first-order valence-electron chi connectivity index (χ1n) is 12.2. The molecule has 0 spiro atoms. The summed E-state index contributed by atoms with van der Waals surface area (Å²) in [5.41, 5.74) is 1.49. The quantitative estimate of drug-likeness (QED) is 0.289. The van der Waals surface area contributed by atoms with Crippen molar-refractivity contribution in [2.24, 2.45) is 11.8 Å². The number of hydrogen-bond acceptors (Lipinski definition) is 0. The molecule has 0 aromatic heterocycles. The van der Waals surface area contributed by atoms with Crippen molar-refractivity contribution in [1.82, 2.24) is 0 Å². The maximum absolute atomic E-state index is 2.40. The largest absolute Gasteiger partial charge is 0.0622 e. The third-order valence-corrected chi connectivity index (χ3v) is 13.9. The van der Waals surface area contributed by atoms with Gasteiger partial charge in [0.1, 0.15) is 0 Å². The van der Waals surface area contributed by atoms with Crippen LogP contribution in [-0.2, 0) is 0 Å². The van der Waals surface area contributed by atoms with Crippen LogP contribution >= 0.6 is 15.8 Å². The van der Waals surface area contributed by atoms with Crippen molar-refractivity contribution in [1.29, 1.82) is 0 Å². The normalized spacial score (nSPS) is 23.9. The van der Waals surface area contributed by atoms with E-state index in [4.69, 9.17) is 0 Å². The van der Waals surface area contributed by atoms with Crippen LogP contribution in [0.2, 0.25) is 0 Å². The molecule has 2 fully saturated rings. The van der Waals surface area contributed by atoms with E-state index in [0.29, 0.717) is 0 Å². The molecule has 6 rings (SSSR count). The molecular weight excluding hydrogens is 434 g/mol. The fourth-order valence-corrected chi connectivity index (χ4v) is 13.5. The van der Waals surface area contributed by atoms with Crippen molar-refractivity contribution in [3.05, 3.63) is 121 Å². The highest BCUT2D eigenvalue weighted by atomic mass is 31.1. The molecule has 2 aliphatic rings. The summed E-state index contributed by atoms with van der Waals surface area (Å²) >= 11 is 0. The van der Waals surface area contributed by atoms with Gasteiger partial charge in [0, 0.05) is 0 Å². The van der Waals surface area contributed by atoms with Gasteiger partial charge in [-0.25, -0.2) is 0 Å². The Morgan fingerprint density at radius 2 is 0.667 bits per heavy atom. The number of benzene rings is 4. The molecule has 0 N–H and O–H groups in total. The van der Waals surface area contributed by atoms with Crippen molar-refractivity contribution in [3.63, 3.8) is 0 Å². The van der Waals surface area contributed by atoms with Crippen molar-refractivity contribution < 1.29 is 0 Å². The number of rotatable bonds is 6. The summed E-state index contributed by atoms with van der Waals surface area (Å²) < 4.78 is 0. The van der Waals surface area contributed by atoms with Crippen LogP contribution in [0, 0.1) is 11.8 Å². The second-order valence-corrected chi connectivity index (χ2v) is 14.1. The van der Waals surface area contributed by atoms with Crippen LogP contribution in [0.25, 0.3) is 0 Å². The average Bonchev–Trinajstić information content (AvgIpc) is 3.50. The topological polar surface area (TPSA) is 0 Å². The first-order chi connectivity index (χ1) is 16.4. The third-order valence-electron chi connectivity index (χ3n) is 7.56. The highest BCUT2D eigenvalue weighted by molar-refractivity contribution is 7.77.